The van der Waals surface area contributed by atoms with Gasteiger partial charge in [0.25, 0.3) is 5.91 Å². The van der Waals surface area contributed by atoms with E-state index in [9.17, 15) is 4.79 Å². The Labute approximate surface area is 178 Å². The lowest BCUT2D eigenvalue weighted by Gasteiger charge is -2.12. The molecule has 7 heteroatoms. The molecule has 1 heterocycles. The molecule has 0 atom stereocenters. The van der Waals surface area contributed by atoms with E-state index in [4.69, 9.17) is 4.74 Å². The summed E-state index contributed by atoms with van der Waals surface area (Å²) in [5.74, 6) is 2.06. The molecule has 1 saturated carbocycles. The summed E-state index contributed by atoms with van der Waals surface area (Å²) in [5, 5.41) is 9.28. The normalized spacial score (nSPS) is 13.6. The van der Waals surface area contributed by atoms with E-state index in [2.05, 4.69) is 25.9 Å². The van der Waals surface area contributed by atoms with Gasteiger partial charge in [0, 0.05) is 38.0 Å². The zero-order valence-electron chi connectivity index (χ0n) is 17.8. The van der Waals surface area contributed by atoms with Gasteiger partial charge in [-0.15, -0.1) is 0 Å². The van der Waals surface area contributed by atoms with Crippen LogP contribution >= 0.6 is 0 Å². The second-order valence-electron chi connectivity index (χ2n) is 7.41. The number of benzene rings is 1. The van der Waals surface area contributed by atoms with Gasteiger partial charge in [0.1, 0.15) is 0 Å². The lowest BCUT2D eigenvalue weighted by molar-refractivity contribution is 0.0963. The van der Waals surface area contributed by atoms with Crippen LogP contribution in [0.4, 0.5) is 0 Å². The lowest BCUT2D eigenvalue weighted by atomic mass is 10.1. The van der Waals surface area contributed by atoms with E-state index in [-0.39, 0.29) is 5.91 Å². The number of rotatable bonds is 10. The Hall–Kier alpha value is -3.09. The number of pyridine rings is 1. The molecular formula is C23H31N5O2. The molecule has 7 nitrogen and oxygen atoms in total. The van der Waals surface area contributed by atoms with Gasteiger partial charge in [-0.3, -0.25) is 4.79 Å². The van der Waals surface area contributed by atoms with Crippen molar-refractivity contribution >= 4 is 11.9 Å². The molecule has 0 bridgehead atoms. The largest absolute Gasteiger partial charge is 0.477 e. The van der Waals surface area contributed by atoms with Gasteiger partial charge in [-0.25, -0.2) is 9.98 Å². The molecule has 1 amide bonds. The molecule has 3 N–H and O–H groups in total. The molecule has 2 aromatic rings. The third-order valence-corrected chi connectivity index (χ3v) is 4.85. The number of nitrogens with zero attached hydrogens (tertiary/aromatic N) is 2. The smallest absolute Gasteiger partial charge is 0.251 e. The van der Waals surface area contributed by atoms with Crippen molar-refractivity contribution in [1.82, 2.24) is 20.9 Å². The molecule has 1 aromatic heterocycles. The zero-order valence-corrected chi connectivity index (χ0v) is 17.8. The molecule has 0 saturated heterocycles. The number of aromatic nitrogens is 1. The third kappa shape index (κ3) is 7.06. The number of hydrogen-bond acceptors (Lipinski definition) is 4. The average Bonchev–Trinajstić information content (AvgIpc) is 3.60. The molecule has 0 aliphatic heterocycles. The van der Waals surface area contributed by atoms with Crippen molar-refractivity contribution in [2.24, 2.45) is 10.9 Å². The highest BCUT2D eigenvalue weighted by Crippen LogP contribution is 2.29. The van der Waals surface area contributed by atoms with Crippen molar-refractivity contribution in [3.8, 4) is 5.88 Å². The fraction of sp³-hybridized carbons (Fsp3) is 0.435. The van der Waals surface area contributed by atoms with Crippen molar-refractivity contribution in [3.63, 3.8) is 0 Å². The summed E-state index contributed by atoms with van der Waals surface area (Å²) in [5.41, 5.74) is 2.84. The number of ether oxygens (including phenoxy) is 1. The van der Waals surface area contributed by atoms with Gasteiger partial charge in [-0.2, -0.15) is 0 Å². The molecule has 3 rings (SSSR count). The molecule has 0 radical (unpaired) electrons. The summed E-state index contributed by atoms with van der Waals surface area (Å²) in [6.45, 7) is 4.84. The molecule has 160 valence electrons. The predicted molar refractivity (Wildman–Crippen MR) is 119 cm³/mol. The lowest BCUT2D eigenvalue weighted by Crippen LogP contribution is -2.38. The van der Waals surface area contributed by atoms with E-state index in [1.165, 1.54) is 12.8 Å². The van der Waals surface area contributed by atoms with Crippen molar-refractivity contribution in [1.29, 1.82) is 0 Å². The van der Waals surface area contributed by atoms with Crippen LogP contribution in [0.5, 0.6) is 5.88 Å². The van der Waals surface area contributed by atoms with E-state index < -0.39 is 0 Å². The first-order chi connectivity index (χ1) is 14.7. The molecule has 30 heavy (non-hydrogen) atoms. The van der Waals surface area contributed by atoms with Gasteiger partial charge in [0.15, 0.2) is 5.96 Å². The van der Waals surface area contributed by atoms with Crippen LogP contribution in [0, 0.1) is 5.92 Å². The number of guanidine groups is 1. The quantitative estimate of drug-likeness (QED) is 0.415. The van der Waals surface area contributed by atoms with Crippen molar-refractivity contribution < 1.29 is 9.53 Å². The van der Waals surface area contributed by atoms with Crippen LogP contribution in [0.15, 0.2) is 47.6 Å². The Bertz CT molecular complexity index is 864. The summed E-state index contributed by atoms with van der Waals surface area (Å²) in [4.78, 5) is 20.7. The first-order valence-corrected chi connectivity index (χ1v) is 10.6. The van der Waals surface area contributed by atoms with E-state index in [0.717, 1.165) is 43.2 Å². The number of aliphatic imine (C=N–C) groups is 1. The minimum absolute atomic E-state index is 0.0717. The van der Waals surface area contributed by atoms with Gasteiger partial charge in [-0.1, -0.05) is 12.1 Å². The van der Waals surface area contributed by atoms with Gasteiger partial charge in [0.2, 0.25) is 5.88 Å². The number of carbonyl (C=O) groups is 1. The Kier molecular flexibility index (Phi) is 8.06. The summed E-state index contributed by atoms with van der Waals surface area (Å²) >= 11 is 0. The second-order valence-corrected chi connectivity index (χ2v) is 7.41. The van der Waals surface area contributed by atoms with Crippen LogP contribution in [0.2, 0.25) is 0 Å². The van der Waals surface area contributed by atoms with Crippen LogP contribution < -0.4 is 20.7 Å². The molecule has 1 fully saturated rings. The highest BCUT2D eigenvalue weighted by molar-refractivity contribution is 5.94. The monoisotopic (exact) mass is 409 g/mol. The van der Waals surface area contributed by atoms with Gasteiger partial charge in [0.05, 0.1) is 13.2 Å². The number of amides is 1. The Morgan fingerprint density at radius 2 is 2.07 bits per heavy atom. The zero-order chi connectivity index (χ0) is 21.2. The fourth-order valence-corrected chi connectivity index (χ4v) is 2.97. The number of carbonyl (C=O) groups excluding carboxylic acids is 1. The first kappa shape index (κ1) is 21.6. The Morgan fingerprint density at radius 1 is 1.20 bits per heavy atom. The van der Waals surface area contributed by atoms with Crippen LogP contribution in [-0.4, -0.2) is 43.6 Å². The van der Waals surface area contributed by atoms with E-state index in [1.54, 1.807) is 13.2 Å². The highest BCUT2D eigenvalue weighted by atomic mass is 16.5. The average molecular weight is 410 g/mol. The molecule has 1 aromatic carbocycles. The first-order valence-electron chi connectivity index (χ1n) is 10.6. The Balaban J connectivity index is 1.52. The van der Waals surface area contributed by atoms with Crippen LogP contribution in [0.1, 0.15) is 41.3 Å². The predicted octanol–water partition coefficient (Wildman–Crippen LogP) is 2.53. The minimum atomic E-state index is -0.0717. The van der Waals surface area contributed by atoms with Crippen LogP contribution in [0.3, 0.4) is 0 Å². The Morgan fingerprint density at radius 3 is 2.83 bits per heavy atom. The summed E-state index contributed by atoms with van der Waals surface area (Å²) in [7, 11) is 1.64. The number of hydrogen-bond donors (Lipinski definition) is 3. The molecule has 1 aliphatic rings. The molecule has 1 aliphatic carbocycles. The topological polar surface area (TPSA) is 87.6 Å². The molecule has 0 unspecified atom stereocenters. The maximum absolute atomic E-state index is 11.8. The van der Waals surface area contributed by atoms with Crippen LogP contribution in [-0.2, 0) is 13.0 Å². The summed E-state index contributed by atoms with van der Waals surface area (Å²) in [6.07, 6.45) is 5.09. The van der Waals surface area contributed by atoms with Crippen LogP contribution in [0.25, 0.3) is 0 Å². The van der Waals surface area contributed by atoms with Crippen molar-refractivity contribution in [2.45, 2.75) is 32.7 Å². The van der Waals surface area contributed by atoms with Crippen molar-refractivity contribution in [2.75, 3.05) is 26.7 Å². The minimum Gasteiger partial charge on any atom is -0.477 e. The SMILES string of the molecule is CCNC(=NCc1ccnc(OCC2CC2)c1)NCCc1cccc(C(=O)NC)c1. The summed E-state index contributed by atoms with van der Waals surface area (Å²) < 4.78 is 5.75. The molecular weight excluding hydrogens is 378 g/mol. The maximum Gasteiger partial charge on any atom is 0.251 e. The van der Waals surface area contributed by atoms with E-state index in [0.29, 0.717) is 23.9 Å². The van der Waals surface area contributed by atoms with Gasteiger partial charge < -0.3 is 20.7 Å². The van der Waals surface area contributed by atoms with Gasteiger partial charge in [-0.05, 0) is 61.4 Å². The third-order valence-electron chi connectivity index (χ3n) is 4.85. The maximum atomic E-state index is 11.8. The van der Waals surface area contributed by atoms with Gasteiger partial charge >= 0.3 is 0 Å². The standard InChI is InChI=1S/C23H31N5O2/c1-3-25-23(27-12-9-17-5-4-6-20(13-17)22(29)24-2)28-15-19-10-11-26-21(14-19)30-16-18-7-8-18/h4-6,10-11,13-14,18H,3,7-9,12,15-16H2,1-2H3,(H,24,29)(H2,25,27,28). The molecule has 0 spiro atoms. The van der Waals surface area contributed by atoms with E-state index >= 15 is 0 Å². The number of nitrogens with one attached hydrogen (secondary N) is 3. The fourth-order valence-electron chi connectivity index (χ4n) is 2.97. The van der Waals surface area contributed by atoms with Crippen molar-refractivity contribution in [3.05, 3.63) is 59.3 Å². The van der Waals surface area contributed by atoms with E-state index in [1.807, 2.05) is 43.3 Å². The second kappa shape index (κ2) is 11.2. The summed E-state index contributed by atoms with van der Waals surface area (Å²) in [6, 6.07) is 11.6. The highest BCUT2D eigenvalue weighted by Gasteiger charge is 2.22.